The molecule has 0 saturated heterocycles. The minimum absolute atomic E-state index is 0.117. The Morgan fingerprint density at radius 3 is 2.68 bits per heavy atom. The van der Waals surface area contributed by atoms with Gasteiger partial charge in [-0.2, -0.15) is 5.10 Å². The first-order valence-corrected chi connectivity index (χ1v) is 10.8. The lowest BCUT2D eigenvalue weighted by Gasteiger charge is -2.31. The van der Waals surface area contributed by atoms with E-state index in [4.69, 9.17) is 14.6 Å². The Kier molecular flexibility index (Phi) is 3.97. The summed E-state index contributed by atoms with van der Waals surface area (Å²) in [6, 6.07) is 1.51. The average molecular weight is 403 g/mol. The maximum Gasteiger partial charge on any atom is 0.354 e. The van der Waals surface area contributed by atoms with Gasteiger partial charge in [0.15, 0.2) is 9.92 Å². The number of anilines is 1. The van der Waals surface area contributed by atoms with Crippen LogP contribution in [0.4, 0.5) is 10.5 Å². The third kappa shape index (κ3) is 2.71. The summed E-state index contributed by atoms with van der Waals surface area (Å²) in [5.74, 6) is 0.269. The number of nitrogens with one attached hydrogen (secondary N) is 1. The first-order valence-electron chi connectivity index (χ1n) is 9.20. The molecule has 10 heteroatoms. The summed E-state index contributed by atoms with van der Waals surface area (Å²) >= 11 is 0. The second-order valence-electron chi connectivity index (χ2n) is 7.28. The fraction of sp³-hybridized carbons (Fsp3) is 0.444. The second-order valence-corrected chi connectivity index (χ2v) is 9.04. The number of rotatable bonds is 3. The molecule has 5 rings (SSSR count). The number of urea groups is 1. The predicted octanol–water partition coefficient (Wildman–Crippen LogP) is 1.42. The number of hydrogen-bond acceptors (Lipinski definition) is 5. The van der Waals surface area contributed by atoms with Gasteiger partial charge in [-0.3, -0.25) is 0 Å². The van der Waals surface area contributed by atoms with Crippen LogP contribution in [0.15, 0.2) is 21.5 Å². The molecule has 9 nitrogen and oxygen atoms in total. The molecule has 0 unspecified atom stereocenters. The Balaban J connectivity index is 1.43. The van der Waals surface area contributed by atoms with Gasteiger partial charge in [0.05, 0.1) is 12.7 Å². The Morgan fingerprint density at radius 1 is 1.36 bits per heavy atom. The zero-order valence-electron chi connectivity index (χ0n) is 15.4. The first-order chi connectivity index (χ1) is 13.5. The number of carbonyl (C=O) groups excluding carboxylic acids is 1. The van der Waals surface area contributed by atoms with Crippen molar-refractivity contribution in [1.82, 2.24) is 9.78 Å². The number of benzene rings is 1. The van der Waals surface area contributed by atoms with Gasteiger partial charge in [0.1, 0.15) is 17.6 Å². The fourth-order valence-electron chi connectivity index (χ4n) is 3.92. The summed E-state index contributed by atoms with van der Waals surface area (Å²) < 4.78 is 29.1. The SMILES string of the molecule is CO[C@@H]1COc2c([S@](N)(=O)=NC(=O)Nc3c4c(cc5c3CC5)CC4)cnn2C1. The van der Waals surface area contributed by atoms with Crippen LogP contribution >= 0.6 is 0 Å². The van der Waals surface area contributed by atoms with Crippen LogP contribution < -0.4 is 15.2 Å². The van der Waals surface area contributed by atoms with Crippen LogP contribution in [0.25, 0.3) is 0 Å². The van der Waals surface area contributed by atoms with E-state index in [9.17, 15) is 9.00 Å². The van der Waals surface area contributed by atoms with Crippen LogP contribution in [0, 0.1) is 0 Å². The van der Waals surface area contributed by atoms with Crippen molar-refractivity contribution >= 4 is 21.6 Å². The van der Waals surface area contributed by atoms with Gasteiger partial charge in [-0.25, -0.2) is 18.8 Å². The third-order valence-electron chi connectivity index (χ3n) is 5.66. The van der Waals surface area contributed by atoms with E-state index >= 15 is 0 Å². The van der Waals surface area contributed by atoms with Crippen molar-refractivity contribution in [3.05, 3.63) is 34.5 Å². The Morgan fingerprint density at radius 2 is 2.07 bits per heavy atom. The van der Waals surface area contributed by atoms with E-state index in [1.54, 1.807) is 7.11 Å². The number of aryl methyl sites for hydroxylation is 2. The molecule has 1 aromatic carbocycles. The van der Waals surface area contributed by atoms with E-state index in [2.05, 4.69) is 20.8 Å². The lowest BCUT2D eigenvalue weighted by atomic mass is 9.76. The van der Waals surface area contributed by atoms with Crippen molar-refractivity contribution in [2.24, 2.45) is 9.50 Å². The Labute approximate surface area is 162 Å². The van der Waals surface area contributed by atoms with E-state index in [0.717, 1.165) is 42.5 Å². The summed E-state index contributed by atoms with van der Waals surface area (Å²) in [7, 11) is -1.91. The summed E-state index contributed by atoms with van der Waals surface area (Å²) in [6.07, 6.45) is 5.11. The third-order valence-corrected chi connectivity index (χ3v) is 7.00. The van der Waals surface area contributed by atoms with E-state index in [1.807, 2.05) is 0 Å². The Hall–Kier alpha value is -2.43. The van der Waals surface area contributed by atoms with Crippen molar-refractivity contribution in [3.63, 3.8) is 0 Å². The molecule has 0 saturated carbocycles. The number of aromatic nitrogens is 2. The molecule has 0 radical (unpaired) electrons. The molecule has 3 aliphatic rings. The van der Waals surface area contributed by atoms with E-state index in [0.29, 0.717) is 13.2 Å². The van der Waals surface area contributed by atoms with Gasteiger partial charge < -0.3 is 14.8 Å². The van der Waals surface area contributed by atoms with Crippen molar-refractivity contribution in [1.29, 1.82) is 0 Å². The van der Waals surface area contributed by atoms with Gasteiger partial charge in [0.2, 0.25) is 5.88 Å². The van der Waals surface area contributed by atoms with Crippen LogP contribution in [-0.2, 0) is 46.9 Å². The molecule has 2 heterocycles. The van der Waals surface area contributed by atoms with E-state index < -0.39 is 15.9 Å². The quantitative estimate of drug-likeness (QED) is 0.803. The molecule has 3 N–H and O–H groups in total. The monoisotopic (exact) mass is 403 g/mol. The van der Waals surface area contributed by atoms with Crippen molar-refractivity contribution < 1.29 is 18.5 Å². The number of ether oxygens (including phenoxy) is 2. The molecule has 2 amide bonds. The number of fused-ring (bicyclic) bond motifs is 3. The van der Waals surface area contributed by atoms with Crippen LogP contribution in [0.2, 0.25) is 0 Å². The highest BCUT2D eigenvalue weighted by atomic mass is 32.2. The van der Waals surface area contributed by atoms with Crippen LogP contribution in [0.1, 0.15) is 22.3 Å². The lowest BCUT2D eigenvalue weighted by molar-refractivity contribution is 0.0165. The zero-order valence-corrected chi connectivity index (χ0v) is 16.3. The molecule has 1 aromatic heterocycles. The second kappa shape index (κ2) is 6.29. The maximum absolute atomic E-state index is 13.0. The zero-order chi connectivity index (χ0) is 19.5. The number of carbonyl (C=O) groups is 1. The van der Waals surface area contributed by atoms with Gasteiger partial charge in [-0.1, -0.05) is 6.07 Å². The van der Waals surface area contributed by atoms with Crippen LogP contribution in [0.5, 0.6) is 5.88 Å². The number of nitrogens with zero attached hydrogens (tertiary/aromatic N) is 3. The fourth-order valence-corrected chi connectivity index (χ4v) is 4.92. The number of amides is 2. The molecule has 1 aliphatic heterocycles. The molecule has 0 spiro atoms. The van der Waals surface area contributed by atoms with Crippen molar-refractivity contribution in [3.8, 4) is 5.88 Å². The Bertz CT molecular complexity index is 1090. The van der Waals surface area contributed by atoms with Crippen molar-refractivity contribution in [2.75, 3.05) is 19.0 Å². The highest BCUT2D eigenvalue weighted by Crippen LogP contribution is 2.40. The largest absolute Gasteiger partial charge is 0.474 e. The highest BCUT2D eigenvalue weighted by molar-refractivity contribution is 7.91. The van der Waals surface area contributed by atoms with Gasteiger partial charge in [-0.05, 0) is 47.9 Å². The molecular formula is C18H21N5O4S. The van der Waals surface area contributed by atoms with Crippen LogP contribution in [0.3, 0.4) is 0 Å². The maximum atomic E-state index is 13.0. The van der Waals surface area contributed by atoms with Crippen molar-refractivity contribution in [2.45, 2.75) is 43.2 Å². The highest BCUT2D eigenvalue weighted by Gasteiger charge is 2.30. The molecule has 2 aromatic rings. The minimum atomic E-state index is -3.50. The van der Waals surface area contributed by atoms with Gasteiger partial charge >= 0.3 is 6.03 Å². The number of hydrogen-bond donors (Lipinski definition) is 2. The molecule has 0 bridgehead atoms. The molecule has 0 fully saturated rings. The average Bonchev–Trinajstić information content (AvgIpc) is 3.02. The minimum Gasteiger partial charge on any atom is -0.474 e. The summed E-state index contributed by atoms with van der Waals surface area (Å²) in [5, 5.41) is 12.9. The molecular weight excluding hydrogens is 382 g/mol. The predicted molar refractivity (Wildman–Crippen MR) is 102 cm³/mol. The molecule has 148 valence electrons. The van der Waals surface area contributed by atoms with Gasteiger partial charge in [0, 0.05) is 12.8 Å². The molecule has 2 aliphatic carbocycles. The summed E-state index contributed by atoms with van der Waals surface area (Å²) in [4.78, 5) is 12.7. The van der Waals surface area contributed by atoms with Crippen LogP contribution in [-0.4, -0.2) is 39.8 Å². The summed E-state index contributed by atoms with van der Waals surface area (Å²) in [6.45, 7) is 0.745. The first kappa shape index (κ1) is 17.7. The van der Waals surface area contributed by atoms with Gasteiger partial charge in [0.25, 0.3) is 0 Å². The number of methoxy groups -OCH3 is 1. The topological polar surface area (TPSA) is 121 Å². The molecule has 28 heavy (non-hydrogen) atoms. The summed E-state index contributed by atoms with van der Waals surface area (Å²) in [5.41, 5.74) is 5.68. The van der Waals surface area contributed by atoms with E-state index in [1.165, 1.54) is 22.0 Å². The standard InChI is InChI=1S/C18H21N5O4S/c1-26-12-8-23-17(27-9-12)15(7-20-23)28(19,25)22-18(24)21-16-13-4-2-10(13)6-11-3-5-14(11)16/h6-7,12H,2-5,8-9H2,1H3,(H3,19,21,22,24,25)/t12-,28+/m0/s1. The lowest BCUT2D eigenvalue weighted by Crippen LogP contribution is -2.32. The van der Waals surface area contributed by atoms with Gasteiger partial charge in [-0.15, -0.1) is 4.36 Å². The number of nitrogens with two attached hydrogens (primary N) is 1. The smallest absolute Gasteiger partial charge is 0.354 e. The molecule has 2 atom stereocenters. The van der Waals surface area contributed by atoms with E-state index in [-0.39, 0.29) is 16.9 Å². The normalized spacial score (nSPS) is 21.0.